The van der Waals surface area contributed by atoms with Crippen molar-refractivity contribution in [2.45, 2.75) is 46.1 Å². The van der Waals surface area contributed by atoms with Gasteiger partial charge in [0.1, 0.15) is 19.3 Å². The van der Waals surface area contributed by atoms with Crippen LogP contribution in [0, 0.1) is 5.92 Å². The average Bonchev–Trinajstić information content (AvgIpc) is 2.89. The van der Waals surface area contributed by atoms with Gasteiger partial charge < -0.3 is 19.7 Å². The fraction of sp³-hybridized carbons (Fsp3) is 0.500. The molecule has 0 saturated heterocycles. The van der Waals surface area contributed by atoms with E-state index in [-0.39, 0.29) is 24.8 Å². The van der Waals surface area contributed by atoms with Gasteiger partial charge in [-0.15, -0.1) is 0 Å². The number of amides is 2. The molecule has 2 amide bonds. The Morgan fingerprint density at radius 3 is 2.32 bits per heavy atom. The van der Waals surface area contributed by atoms with Crippen molar-refractivity contribution in [1.29, 1.82) is 0 Å². The van der Waals surface area contributed by atoms with Gasteiger partial charge in [-0.1, -0.05) is 44.2 Å². The molecule has 1 heterocycles. The third-order valence-electron chi connectivity index (χ3n) is 6.30. The third kappa shape index (κ3) is 8.37. The Balaban J connectivity index is 1.68. The molecule has 0 unspecified atom stereocenters. The van der Waals surface area contributed by atoms with E-state index in [0.29, 0.717) is 62.2 Å². The molecule has 9 nitrogen and oxygen atoms in total. The van der Waals surface area contributed by atoms with Crippen molar-refractivity contribution in [1.82, 2.24) is 10.2 Å². The molecule has 208 valence electrons. The standard InChI is InChI=1S/C28H39N3O6S/c1-21(2)20-29-28(33)22(3)30(16-14-23-9-6-5-7-10-23)27(32)11-8-15-31(38(4,34)35)24-12-13-25-26(19-24)37-18-17-36-25/h5-7,9-10,12-13,19,21-22H,8,11,14-18,20H2,1-4H3,(H,29,33)/t22-/m1/s1. The van der Waals surface area contributed by atoms with Crippen LogP contribution in [0.4, 0.5) is 5.69 Å². The zero-order valence-corrected chi connectivity index (χ0v) is 23.5. The number of ether oxygens (including phenoxy) is 2. The summed E-state index contributed by atoms with van der Waals surface area (Å²) >= 11 is 0. The Kier molecular flexibility index (Phi) is 10.4. The number of anilines is 1. The molecule has 0 spiro atoms. The van der Waals surface area contributed by atoms with Gasteiger partial charge in [0, 0.05) is 32.1 Å². The summed E-state index contributed by atoms with van der Waals surface area (Å²) in [5, 5.41) is 2.91. The van der Waals surface area contributed by atoms with Gasteiger partial charge in [-0.05, 0) is 43.4 Å². The van der Waals surface area contributed by atoms with Gasteiger partial charge in [-0.3, -0.25) is 13.9 Å². The Morgan fingerprint density at radius 1 is 0.974 bits per heavy atom. The first-order chi connectivity index (χ1) is 18.1. The number of benzene rings is 2. The van der Waals surface area contributed by atoms with Crippen molar-refractivity contribution >= 4 is 27.5 Å². The monoisotopic (exact) mass is 545 g/mol. The molecular formula is C28H39N3O6S. The molecule has 0 saturated carbocycles. The molecule has 1 aliphatic heterocycles. The smallest absolute Gasteiger partial charge is 0.242 e. The first kappa shape index (κ1) is 29.3. The van der Waals surface area contributed by atoms with Crippen molar-refractivity contribution in [3.63, 3.8) is 0 Å². The largest absolute Gasteiger partial charge is 0.486 e. The zero-order chi connectivity index (χ0) is 27.7. The maximum absolute atomic E-state index is 13.3. The highest BCUT2D eigenvalue weighted by Gasteiger charge is 2.26. The van der Waals surface area contributed by atoms with Crippen molar-refractivity contribution in [3.05, 3.63) is 54.1 Å². The summed E-state index contributed by atoms with van der Waals surface area (Å²) in [7, 11) is -3.61. The number of rotatable bonds is 13. The predicted molar refractivity (Wildman–Crippen MR) is 148 cm³/mol. The number of hydrogen-bond acceptors (Lipinski definition) is 6. The lowest BCUT2D eigenvalue weighted by molar-refractivity contribution is -0.140. The molecule has 1 aliphatic rings. The second-order valence-corrected chi connectivity index (χ2v) is 11.8. The normalized spacial score (nSPS) is 13.6. The molecule has 2 aromatic carbocycles. The SMILES string of the molecule is CC(C)CNC(=O)[C@@H](C)N(CCc1ccccc1)C(=O)CCCN(c1ccc2c(c1)OCCO2)S(C)(=O)=O. The topological polar surface area (TPSA) is 105 Å². The van der Waals surface area contributed by atoms with Crippen LogP contribution in [0.2, 0.25) is 0 Å². The molecule has 0 radical (unpaired) electrons. The summed E-state index contributed by atoms with van der Waals surface area (Å²) in [5.74, 6) is 0.967. The highest BCUT2D eigenvalue weighted by molar-refractivity contribution is 7.92. The average molecular weight is 546 g/mol. The summed E-state index contributed by atoms with van der Waals surface area (Å²) in [5.41, 5.74) is 1.52. The van der Waals surface area contributed by atoms with Crippen molar-refractivity contribution in [2.24, 2.45) is 5.92 Å². The fourth-order valence-corrected chi connectivity index (χ4v) is 5.17. The van der Waals surface area contributed by atoms with Gasteiger partial charge in [0.2, 0.25) is 21.8 Å². The van der Waals surface area contributed by atoms with E-state index >= 15 is 0 Å². The first-order valence-electron chi connectivity index (χ1n) is 13.0. The second-order valence-electron chi connectivity index (χ2n) is 9.90. The van der Waals surface area contributed by atoms with E-state index in [2.05, 4.69) is 5.32 Å². The minimum atomic E-state index is -3.61. The van der Waals surface area contributed by atoms with Crippen molar-refractivity contribution < 1.29 is 27.5 Å². The summed E-state index contributed by atoms with van der Waals surface area (Å²) in [6.45, 7) is 7.63. The number of fused-ring (bicyclic) bond motifs is 1. The number of carbonyl (C=O) groups excluding carboxylic acids is 2. The maximum atomic E-state index is 13.3. The van der Waals surface area contributed by atoms with Gasteiger partial charge >= 0.3 is 0 Å². The molecule has 3 rings (SSSR count). The second kappa shape index (κ2) is 13.5. The third-order valence-corrected chi connectivity index (χ3v) is 7.50. The highest BCUT2D eigenvalue weighted by atomic mass is 32.2. The molecule has 10 heteroatoms. The van der Waals surface area contributed by atoms with Crippen LogP contribution in [0.5, 0.6) is 11.5 Å². The number of sulfonamides is 1. The number of nitrogens with one attached hydrogen (secondary N) is 1. The summed E-state index contributed by atoms with van der Waals surface area (Å²) in [6.07, 6.45) is 2.15. The van der Waals surface area contributed by atoms with Crippen LogP contribution in [0.15, 0.2) is 48.5 Å². The fourth-order valence-electron chi connectivity index (χ4n) is 4.21. The molecule has 2 aromatic rings. The van der Waals surface area contributed by atoms with E-state index in [9.17, 15) is 18.0 Å². The van der Waals surface area contributed by atoms with Gasteiger partial charge in [0.05, 0.1) is 11.9 Å². The van der Waals surface area contributed by atoms with Crippen LogP contribution in [-0.4, -0.2) is 70.3 Å². The van der Waals surface area contributed by atoms with E-state index in [1.165, 1.54) is 4.31 Å². The maximum Gasteiger partial charge on any atom is 0.242 e. The molecule has 1 atom stereocenters. The van der Waals surface area contributed by atoms with Gasteiger partial charge in [-0.2, -0.15) is 0 Å². The molecule has 0 aliphatic carbocycles. The molecule has 1 N–H and O–H groups in total. The van der Waals surface area contributed by atoms with Crippen LogP contribution >= 0.6 is 0 Å². The molecule has 0 aromatic heterocycles. The molecular weight excluding hydrogens is 506 g/mol. The summed E-state index contributed by atoms with van der Waals surface area (Å²) < 4.78 is 37.6. The highest BCUT2D eigenvalue weighted by Crippen LogP contribution is 2.34. The van der Waals surface area contributed by atoms with E-state index in [4.69, 9.17) is 9.47 Å². The summed E-state index contributed by atoms with van der Waals surface area (Å²) in [6, 6.07) is 14.2. The van der Waals surface area contributed by atoms with Crippen molar-refractivity contribution in [3.8, 4) is 11.5 Å². The Labute approximate surface area is 226 Å². The van der Waals surface area contributed by atoms with Gasteiger partial charge in [-0.25, -0.2) is 8.42 Å². The van der Waals surface area contributed by atoms with Crippen molar-refractivity contribution in [2.75, 3.05) is 43.4 Å². The van der Waals surface area contributed by atoms with Gasteiger partial charge in [0.15, 0.2) is 11.5 Å². The van der Waals surface area contributed by atoms with Crippen LogP contribution in [-0.2, 0) is 26.0 Å². The van der Waals surface area contributed by atoms with E-state index in [1.54, 1.807) is 30.0 Å². The predicted octanol–water partition coefficient (Wildman–Crippen LogP) is 3.24. The Bertz CT molecular complexity index is 1190. The minimum Gasteiger partial charge on any atom is -0.486 e. The first-order valence-corrected chi connectivity index (χ1v) is 14.9. The van der Waals surface area contributed by atoms with Crippen LogP contribution < -0.4 is 19.1 Å². The van der Waals surface area contributed by atoms with E-state index in [0.717, 1.165) is 11.8 Å². The lowest BCUT2D eigenvalue weighted by atomic mass is 10.1. The van der Waals surface area contributed by atoms with Crippen LogP contribution in [0.3, 0.4) is 0 Å². The van der Waals surface area contributed by atoms with E-state index < -0.39 is 16.1 Å². The number of carbonyl (C=O) groups is 2. The Morgan fingerprint density at radius 2 is 1.66 bits per heavy atom. The quantitative estimate of drug-likeness (QED) is 0.414. The lowest BCUT2D eigenvalue weighted by Crippen LogP contribution is -2.49. The number of hydrogen-bond donors (Lipinski definition) is 1. The molecule has 0 fully saturated rings. The van der Waals surface area contributed by atoms with Crippen LogP contribution in [0.1, 0.15) is 39.2 Å². The van der Waals surface area contributed by atoms with E-state index in [1.807, 2.05) is 44.2 Å². The molecule has 38 heavy (non-hydrogen) atoms. The van der Waals surface area contributed by atoms with Gasteiger partial charge in [0.25, 0.3) is 0 Å². The Hall–Kier alpha value is -3.27. The summed E-state index contributed by atoms with van der Waals surface area (Å²) in [4.78, 5) is 27.7. The zero-order valence-electron chi connectivity index (χ0n) is 22.7. The lowest BCUT2D eigenvalue weighted by Gasteiger charge is -2.30. The number of nitrogens with zero attached hydrogens (tertiary/aromatic N) is 2. The minimum absolute atomic E-state index is 0.104. The molecule has 0 bridgehead atoms. The van der Waals surface area contributed by atoms with Crippen LogP contribution in [0.25, 0.3) is 0 Å².